The highest BCUT2D eigenvalue weighted by molar-refractivity contribution is 7.88. The largest absolute Gasteiger partial charge is 0.481 e. The third-order valence-electron chi connectivity index (χ3n) is 11.9. The topological polar surface area (TPSA) is 282 Å². The number of carboxylic acids is 2. The summed E-state index contributed by atoms with van der Waals surface area (Å²) in [4.78, 5) is 98.3. The lowest BCUT2D eigenvalue weighted by atomic mass is 9.85. The van der Waals surface area contributed by atoms with Crippen LogP contribution in [0.25, 0.3) is 10.9 Å². The number of nitrogens with one attached hydrogen (secondary N) is 7. The van der Waals surface area contributed by atoms with Gasteiger partial charge in [-0.2, -0.15) is 0 Å². The second-order valence-electron chi connectivity index (χ2n) is 17.7. The number of benzene rings is 3. The smallest absolute Gasteiger partial charge is 0.326 e. The molecule has 1 heterocycles. The number of carboxylic acid groups (broad SMARTS) is 2. The molecule has 0 saturated heterocycles. The summed E-state index contributed by atoms with van der Waals surface area (Å²) in [6.07, 6.45) is 2.31. The lowest BCUT2D eigenvalue weighted by Gasteiger charge is -2.31. The van der Waals surface area contributed by atoms with Crippen molar-refractivity contribution >= 4 is 62.4 Å². The summed E-state index contributed by atoms with van der Waals surface area (Å²) in [5, 5.41) is 33.8. The zero-order chi connectivity index (χ0) is 50.3. The van der Waals surface area contributed by atoms with Gasteiger partial charge in [-0.15, -0.1) is 0 Å². The number of hydrogen-bond acceptors (Lipinski definition) is 9. The Balaban J connectivity index is 1.58. The molecule has 368 valence electrons. The molecule has 0 aliphatic heterocycles. The van der Waals surface area contributed by atoms with Crippen molar-refractivity contribution in [2.75, 3.05) is 6.26 Å². The van der Waals surface area contributed by atoms with Crippen molar-refractivity contribution in [1.29, 1.82) is 0 Å². The van der Waals surface area contributed by atoms with Crippen LogP contribution in [-0.2, 0) is 50.0 Å². The van der Waals surface area contributed by atoms with Crippen molar-refractivity contribution in [3.05, 3.63) is 108 Å². The fourth-order valence-electron chi connectivity index (χ4n) is 7.91. The van der Waals surface area contributed by atoms with Crippen LogP contribution in [-0.4, -0.2) is 108 Å². The summed E-state index contributed by atoms with van der Waals surface area (Å²) >= 11 is 0. The number of sulfonamides is 1. The maximum absolute atomic E-state index is 14.4. The van der Waals surface area contributed by atoms with E-state index in [4.69, 9.17) is 0 Å². The average Bonchev–Trinajstić information content (AvgIpc) is 3.70. The monoisotopic (exact) mass is 959 g/mol. The number of aromatic amines is 1. The molecular weight excluding hydrogens is 895 g/mol. The van der Waals surface area contributed by atoms with E-state index in [1.807, 2.05) is 24.3 Å². The van der Waals surface area contributed by atoms with Gasteiger partial charge in [0.05, 0.1) is 12.7 Å². The number of H-pyrrole nitrogens is 1. The number of amides is 5. The number of para-hydroxylation sites is 1. The number of hydrogen-bond donors (Lipinski definition) is 9. The molecule has 0 saturated carbocycles. The molecule has 68 heavy (non-hydrogen) atoms. The van der Waals surface area contributed by atoms with E-state index < -0.39 is 112 Å². The zero-order valence-corrected chi connectivity index (χ0v) is 40.3. The van der Waals surface area contributed by atoms with Gasteiger partial charge in [0, 0.05) is 29.4 Å². The van der Waals surface area contributed by atoms with Crippen LogP contribution in [0.4, 0.5) is 0 Å². The van der Waals surface area contributed by atoms with Crippen molar-refractivity contribution in [3.63, 3.8) is 0 Å². The Kier molecular flexibility index (Phi) is 19.8. The summed E-state index contributed by atoms with van der Waals surface area (Å²) in [5.41, 5.74) is 2.64. The van der Waals surface area contributed by atoms with E-state index in [-0.39, 0.29) is 18.8 Å². The second kappa shape index (κ2) is 25.0. The van der Waals surface area contributed by atoms with Crippen LogP contribution in [0.15, 0.2) is 91.1 Å². The van der Waals surface area contributed by atoms with E-state index in [1.165, 1.54) is 0 Å². The molecule has 0 aliphatic carbocycles. The predicted octanol–water partition coefficient (Wildman–Crippen LogP) is 3.58. The van der Waals surface area contributed by atoms with Crippen LogP contribution in [0.1, 0.15) is 89.8 Å². The van der Waals surface area contributed by atoms with Crippen LogP contribution in [0.5, 0.6) is 0 Å². The van der Waals surface area contributed by atoms with Gasteiger partial charge in [-0.3, -0.25) is 28.8 Å². The molecule has 19 heteroatoms. The van der Waals surface area contributed by atoms with Crippen LogP contribution in [0, 0.1) is 17.8 Å². The zero-order valence-electron chi connectivity index (χ0n) is 39.4. The molecule has 5 amide bonds. The molecule has 0 aliphatic rings. The van der Waals surface area contributed by atoms with Crippen molar-refractivity contribution in [2.24, 2.45) is 17.8 Å². The normalized spacial score (nSPS) is 15.2. The maximum atomic E-state index is 14.4. The average molecular weight is 960 g/mol. The van der Waals surface area contributed by atoms with Gasteiger partial charge in [-0.05, 0) is 46.9 Å². The highest BCUT2D eigenvalue weighted by Gasteiger charge is 2.39. The number of carbonyl (C=O) groups excluding carboxylic acids is 5. The summed E-state index contributed by atoms with van der Waals surface area (Å²) in [5.74, 6) is -9.41. The SMILES string of the molecule is CC[C@H](C)[C@H](NC(=O)[C@H](CC(=O)O)NC(=O)[C@H](CC(C)C)NC(=O)[C@@H](NS(C)(=O)=O)C(c1ccccc1)c1ccccc1)C(=O)N[C@H](C(=O)N[C@@H](Cc1c[nH]c2ccccc12)C(=O)O)[C@@H](C)CC. The van der Waals surface area contributed by atoms with Gasteiger partial charge in [0.2, 0.25) is 39.6 Å². The minimum Gasteiger partial charge on any atom is -0.481 e. The van der Waals surface area contributed by atoms with Crippen LogP contribution in [0.2, 0.25) is 0 Å². The van der Waals surface area contributed by atoms with Gasteiger partial charge in [0.15, 0.2) is 0 Å². The number of aliphatic carboxylic acids is 2. The van der Waals surface area contributed by atoms with Gasteiger partial charge in [-0.1, -0.05) is 133 Å². The fraction of sp³-hybridized carbons (Fsp3) is 0.449. The van der Waals surface area contributed by atoms with Gasteiger partial charge < -0.3 is 41.8 Å². The van der Waals surface area contributed by atoms with Crippen molar-refractivity contribution in [3.8, 4) is 0 Å². The van der Waals surface area contributed by atoms with E-state index in [2.05, 4.69) is 36.3 Å². The summed E-state index contributed by atoms with van der Waals surface area (Å²) < 4.78 is 28.0. The molecule has 0 bridgehead atoms. The summed E-state index contributed by atoms with van der Waals surface area (Å²) in [7, 11) is -4.03. The minimum absolute atomic E-state index is 0.00655. The number of aromatic nitrogens is 1. The molecular formula is C49H65N7O11S. The van der Waals surface area contributed by atoms with Crippen LogP contribution in [0.3, 0.4) is 0 Å². The van der Waals surface area contributed by atoms with E-state index in [9.17, 15) is 52.2 Å². The Morgan fingerprint density at radius 2 is 1.04 bits per heavy atom. The predicted molar refractivity (Wildman–Crippen MR) is 256 cm³/mol. The van der Waals surface area contributed by atoms with Gasteiger partial charge in [0.1, 0.15) is 36.3 Å². The summed E-state index contributed by atoms with van der Waals surface area (Å²) in [6, 6.07) is 16.2. The number of fused-ring (bicyclic) bond motifs is 1. The second-order valence-corrected chi connectivity index (χ2v) is 19.5. The third-order valence-corrected chi connectivity index (χ3v) is 12.6. The van der Waals surface area contributed by atoms with Crippen molar-refractivity contribution < 1.29 is 52.2 Å². The molecule has 9 N–H and O–H groups in total. The molecule has 8 atom stereocenters. The van der Waals surface area contributed by atoms with Gasteiger partial charge in [0.25, 0.3) is 0 Å². The standard InChI is InChI=1S/C49H65N7O11S/c1-8-29(5)41(46(61)53-38(49(64)65)25-33-27-50-35-23-17-16-22-34(33)35)55-47(62)42(30(6)9-2)54-45(60)37(26-39(57)58)51-44(59)36(24-28(3)4)52-48(63)43(56-68(7,66)67)40(31-18-12-10-13-19-31)32-20-14-11-15-21-32/h10-23,27-30,36-38,40-43,50,56H,8-9,24-26H2,1-7H3,(H,51,59)(H,52,63)(H,53,61)(H,54,60)(H,55,62)(H,57,58)(H,64,65)/t29-,30-,36-,37-,38-,41-,42-,43-/m0/s1. The Hall–Kier alpha value is -6.60. The van der Waals surface area contributed by atoms with E-state index >= 15 is 0 Å². The first-order valence-corrected chi connectivity index (χ1v) is 24.6. The first kappa shape index (κ1) is 54.0. The first-order chi connectivity index (χ1) is 32.1. The van der Waals surface area contributed by atoms with Crippen molar-refractivity contribution in [1.82, 2.24) is 36.3 Å². The molecule has 3 aromatic carbocycles. The molecule has 0 radical (unpaired) electrons. The lowest BCUT2D eigenvalue weighted by Crippen LogP contribution is -2.61. The highest BCUT2D eigenvalue weighted by Crippen LogP contribution is 2.29. The number of rotatable bonds is 26. The molecule has 18 nitrogen and oxygen atoms in total. The van der Waals surface area contributed by atoms with E-state index in [1.54, 1.807) is 108 Å². The molecule has 0 spiro atoms. The molecule has 0 unspecified atom stereocenters. The Morgan fingerprint density at radius 3 is 1.54 bits per heavy atom. The lowest BCUT2D eigenvalue weighted by molar-refractivity contribution is -0.142. The van der Waals surface area contributed by atoms with Crippen LogP contribution < -0.4 is 31.3 Å². The quantitative estimate of drug-likeness (QED) is 0.0439. The third kappa shape index (κ3) is 15.5. The molecule has 1 aromatic heterocycles. The maximum Gasteiger partial charge on any atom is 0.326 e. The number of carbonyl (C=O) groups is 7. The van der Waals surface area contributed by atoms with Gasteiger partial charge >= 0.3 is 11.9 Å². The Bertz CT molecular complexity index is 2440. The van der Waals surface area contributed by atoms with E-state index in [0.29, 0.717) is 29.5 Å². The Morgan fingerprint density at radius 1 is 0.588 bits per heavy atom. The van der Waals surface area contributed by atoms with Crippen LogP contribution >= 0.6 is 0 Å². The molecule has 4 aromatic rings. The summed E-state index contributed by atoms with van der Waals surface area (Å²) in [6.45, 7) is 10.4. The molecule has 4 rings (SSSR count). The van der Waals surface area contributed by atoms with E-state index in [0.717, 1.165) is 17.2 Å². The Labute approximate surface area is 397 Å². The highest BCUT2D eigenvalue weighted by atomic mass is 32.2. The van der Waals surface area contributed by atoms with Crippen molar-refractivity contribution in [2.45, 2.75) is 116 Å². The first-order valence-electron chi connectivity index (χ1n) is 22.7. The van der Waals surface area contributed by atoms with Gasteiger partial charge in [-0.25, -0.2) is 17.9 Å². The fourth-order valence-corrected chi connectivity index (χ4v) is 8.61. The molecule has 0 fully saturated rings. The minimum atomic E-state index is -4.03.